The minimum absolute atomic E-state index is 0.339. The normalized spacial score (nSPS) is 12.8. The number of rotatable bonds is 18. The second kappa shape index (κ2) is 27.7. The summed E-state index contributed by atoms with van der Waals surface area (Å²) in [7, 11) is 3.46. The van der Waals surface area contributed by atoms with Gasteiger partial charge >= 0.3 is 0 Å². The molecular weight excluding hydrogens is 1140 g/mol. The fourth-order valence-corrected chi connectivity index (χ4v) is 14.5. The van der Waals surface area contributed by atoms with Crippen molar-refractivity contribution in [1.82, 2.24) is 0 Å². The van der Waals surface area contributed by atoms with Gasteiger partial charge in [-0.1, -0.05) is 127 Å². The maximum Gasteiger partial charge on any atom is 0.178 e. The van der Waals surface area contributed by atoms with Gasteiger partial charge in [-0.2, -0.15) is 0 Å². The van der Waals surface area contributed by atoms with Crippen LogP contribution in [0, 0.1) is 26.2 Å². The van der Waals surface area contributed by atoms with Crippen molar-refractivity contribution >= 4 is 50.4 Å². The first kappa shape index (κ1) is 64.9. The van der Waals surface area contributed by atoms with Crippen molar-refractivity contribution < 1.29 is 24.4 Å². The van der Waals surface area contributed by atoms with Crippen LogP contribution in [0.2, 0.25) is 0 Å². The third-order valence-corrected chi connectivity index (χ3v) is 19.6. The van der Waals surface area contributed by atoms with Gasteiger partial charge in [0.15, 0.2) is 11.2 Å². The molecule has 0 saturated heterocycles. The number of aryl methyl sites for hydroxylation is 2. The third kappa shape index (κ3) is 11.8. The predicted molar refractivity (Wildman–Crippen MR) is 391 cm³/mol. The maximum absolute atomic E-state index is 11.2. The van der Waals surface area contributed by atoms with Crippen LogP contribution in [-0.2, 0) is 24.0 Å². The molecule has 0 saturated carbocycles. The van der Waals surface area contributed by atoms with Crippen molar-refractivity contribution in [2.75, 3.05) is 86.2 Å². The van der Waals surface area contributed by atoms with E-state index in [1.54, 1.807) is 14.2 Å². The molecule has 10 aromatic carbocycles. The monoisotopic (exact) mass is 1230 g/mol. The highest BCUT2D eigenvalue weighted by Crippen LogP contribution is 2.56. The third-order valence-electron chi connectivity index (χ3n) is 19.6. The van der Waals surface area contributed by atoms with Gasteiger partial charge in [0.2, 0.25) is 0 Å². The molecule has 9 heteroatoms. The molecule has 9 nitrogen and oxygen atoms in total. The van der Waals surface area contributed by atoms with E-state index in [1.165, 1.54) is 55.5 Å². The number of ether oxygens (including phenoxy) is 3. The number of aliphatic hydroxyl groups is 1. The summed E-state index contributed by atoms with van der Waals surface area (Å²) in [6.45, 7) is 29.2. The zero-order valence-corrected chi connectivity index (χ0v) is 56.5. The number of hydrogen-bond acceptors (Lipinski definition) is 9. The summed E-state index contributed by atoms with van der Waals surface area (Å²) < 4.78 is 19.2. The summed E-state index contributed by atoms with van der Waals surface area (Å²) in [5.41, 5.74) is 19.1. The highest BCUT2D eigenvalue weighted by Gasteiger charge is 2.41. The summed E-state index contributed by atoms with van der Waals surface area (Å²) in [5.74, 6) is 5.63. The Morgan fingerprint density at radius 1 is 0.495 bits per heavy atom. The molecule has 93 heavy (non-hydrogen) atoms. The van der Waals surface area contributed by atoms with Gasteiger partial charge < -0.3 is 44.0 Å². The van der Waals surface area contributed by atoms with Crippen LogP contribution in [0.15, 0.2) is 182 Å². The van der Waals surface area contributed by atoms with Crippen LogP contribution in [0.5, 0.6) is 23.0 Å². The largest absolute Gasteiger partial charge is 0.507 e. The van der Waals surface area contributed by atoms with Crippen LogP contribution in [0.4, 0.5) is 22.7 Å². The van der Waals surface area contributed by atoms with E-state index in [2.05, 4.69) is 215 Å². The van der Waals surface area contributed by atoms with Crippen molar-refractivity contribution in [2.45, 2.75) is 93.3 Å². The van der Waals surface area contributed by atoms with Crippen molar-refractivity contribution in [1.29, 1.82) is 0 Å². The number of methoxy groups -OCH3 is 2. The molecule has 1 aliphatic heterocycles. The lowest BCUT2D eigenvalue weighted by Gasteiger charge is -2.38. The number of fused-ring (bicyclic) bond motifs is 13. The number of nitrogens with zero attached hydrogens (tertiary/aromatic N) is 4. The molecule has 0 radical (unpaired) electrons. The first-order chi connectivity index (χ1) is 45.2. The van der Waals surface area contributed by atoms with E-state index in [0.29, 0.717) is 16.9 Å². The van der Waals surface area contributed by atoms with Gasteiger partial charge in [-0.05, 0) is 204 Å². The zero-order valence-electron chi connectivity index (χ0n) is 56.5. The molecular formula is C84H90N4O5. The molecule has 0 aromatic heterocycles. The Balaban J connectivity index is 0.000000158. The van der Waals surface area contributed by atoms with E-state index in [4.69, 9.17) is 20.6 Å². The van der Waals surface area contributed by atoms with E-state index in [1.807, 2.05) is 67.6 Å². The first-order valence-corrected chi connectivity index (χ1v) is 33.4. The number of benzene rings is 10. The second-order valence-electron chi connectivity index (χ2n) is 24.3. The lowest BCUT2D eigenvalue weighted by Crippen LogP contribution is -2.35. The van der Waals surface area contributed by atoms with Crippen molar-refractivity contribution in [2.24, 2.45) is 0 Å². The highest BCUT2D eigenvalue weighted by molar-refractivity contribution is 6.08. The molecule has 0 spiro atoms. The summed E-state index contributed by atoms with van der Waals surface area (Å²) in [6.07, 6.45) is 12.0. The number of phenols is 1. The number of aromatic hydroxyl groups is 1. The average molecular weight is 1240 g/mol. The molecule has 0 fully saturated rings. The Bertz CT molecular complexity index is 4270. The van der Waals surface area contributed by atoms with Crippen molar-refractivity contribution in [3.05, 3.63) is 243 Å². The topological polar surface area (TPSA) is 81.1 Å². The molecule has 10 aromatic rings. The van der Waals surface area contributed by atoms with Crippen LogP contribution < -0.4 is 33.8 Å². The quantitative estimate of drug-likeness (QED) is 0.0817. The number of terminal acetylenes is 1. The molecule has 3 aliphatic rings. The van der Waals surface area contributed by atoms with E-state index in [9.17, 15) is 10.2 Å². The average Bonchev–Trinajstić information content (AvgIpc) is 1.70. The molecule has 0 atom stereocenters. The molecule has 0 unspecified atom stereocenters. The molecule has 0 bridgehead atoms. The van der Waals surface area contributed by atoms with Gasteiger partial charge in [0, 0.05) is 125 Å². The van der Waals surface area contributed by atoms with E-state index < -0.39 is 11.2 Å². The lowest BCUT2D eigenvalue weighted by molar-refractivity contribution is 0.145. The SMILES string of the molecule is C#CC(O)(c1ccc(N(CC)CC)cc1)c1ccc(N(CC)CC)cc1.CCN(CC)c1ccc(C2(c3ccc(N(CC)CC)cc3)C=Cc3c(c4c(c5ccc(C)c(OC)c35)Cc3ccccc3-4)O2)cc1.COc1c(C)ccc2c3c(c(O)cc12)-c1ccccc1C3. The summed E-state index contributed by atoms with van der Waals surface area (Å²) >= 11 is 0. The molecule has 476 valence electrons. The summed E-state index contributed by atoms with van der Waals surface area (Å²) in [4.78, 5) is 9.29. The Kier molecular flexibility index (Phi) is 19.3. The van der Waals surface area contributed by atoms with Crippen LogP contribution >= 0.6 is 0 Å². The van der Waals surface area contributed by atoms with Crippen LogP contribution in [0.3, 0.4) is 0 Å². The van der Waals surface area contributed by atoms with Crippen molar-refractivity contribution in [3.8, 4) is 57.6 Å². The standard InChI is InChI=1S/C42H44N2O2.C23H30N2O.C19H16O2/c1-7-43(8-2)32-20-16-30(17-21-32)42(31-18-22-33(23-19-31)44(9-3)10-4)26-25-36-39-35(24-15-28(5)40(39)45-6)37-27-29-13-11-12-14-34(29)38(37)41(36)46-42;1-6-23(26,19-11-15-21(16-12-19)24(7-2)8-3)20-13-17-22(18-14-20)25(9-4)10-5;1-11-7-8-14-15-9-12-5-3-4-6-13(12)18(15)17(20)10-16(14)19(11)21-2/h11-26H,7-10,27H2,1-6H3;1,11-18,26H,7-10H2,2-5H3;3-8,10,20H,9H2,1-2H3. The lowest BCUT2D eigenvalue weighted by atomic mass is 9.81. The van der Waals surface area contributed by atoms with Gasteiger partial charge in [-0.3, -0.25) is 0 Å². The Labute approximate surface area is 552 Å². The summed E-state index contributed by atoms with van der Waals surface area (Å²) in [5, 5.41) is 26.2. The zero-order chi connectivity index (χ0) is 65.7. The Morgan fingerprint density at radius 3 is 1.32 bits per heavy atom. The molecule has 13 rings (SSSR count). The van der Waals surface area contributed by atoms with E-state index in [-0.39, 0.29) is 0 Å². The van der Waals surface area contributed by atoms with Gasteiger partial charge in [0.1, 0.15) is 23.0 Å². The van der Waals surface area contributed by atoms with Crippen LogP contribution in [0.1, 0.15) is 117 Å². The molecule has 2 aliphatic carbocycles. The minimum atomic E-state index is -1.43. The Morgan fingerprint density at radius 2 is 0.892 bits per heavy atom. The fourth-order valence-electron chi connectivity index (χ4n) is 14.5. The van der Waals surface area contributed by atoms with E-state index >= 15 is 0 Å². The van der Waals surface area contributed by atoms with Gasteiger partial charge in [0.05, 0.1) is 14.2 Å². The Hall–Kier alpha value is -9.62. The van der Waals surface area contributed by atoms with Gasteiger partial charge in [0.25, 0.3) is 0 Å². The number of phenolic OH excluding ortho intramolecular Hbond substituents is 1. The van der Waals surface area contributed by atoms with Gasteiger partial charge in [-0.15, -0.1) is 6.42 Å². The van der Waals surface area contributed by atoms with E-state index in [0.717, 1.165) is 144 Å². The van der Waals surface area contributed by atoms with Crippen LogP contribution in [-0.4, -0.2) is 76.8 Å². The minimum Gasteiger partial charge on any atom is -0.507 e. The molecule has 1 heterocycles. The first-order valence-electron chi connectivity index (χ1n) is 33.4. The maximum atomic E-state index is 11.2. The van der Waals surface area contributed by atoms with Crippen molar-refractivity contribution in [3.63, 3.8) is 0 Å². The smallest absolute Gasteiger partial charge is 0.178 e. The van der Waals surface area contributed by atoms with Gasteiger partial charge in [-0.25, -0.2) is 0 Å². The fraction of sp³-hybridized carbons (Fsp3) is 0.286. The predicted octanol–water partition coefficient (Wildman–Crippen LogP) is 18.5. The number of anilines is 4. The molecule has 0 amide bonds. The molecule has 2 N–H and O–H groups in total. The highest BCUT2D eigenvalue weighted by atomic mass is 16.5. The number of hydrogen-bond donors (Lipinski definition) is 2. The second-order valence-corrected chi connectivity index (χ2v) is 24.3. The van der Waals surface area contributed by atoms with Crippen LogP contribution in [0.25, 0.3) is 49.9 Å². The summed E-state index contributed by atoms with van der Waals surface area (Å²) in [6, 6.07) is 61.3.